The van der Waals surface area contributed by atoms with Crippen LogP contribution in [-0.4, -0.2) is 37.3 Å². The molecule has 1 saturated carbocycles. The summed E-state index contributed by atoms with van der Waals surface area (Å²) in [6, 6.07) is 4.02. The number of rotatable bonds is 3. The molecule has 1 aliphatic carbocycles. The molecular formula is C19H26N6O. The van der Waals surface area contributed by atoms with E-state index in [1.165, 1.54) is 19.3 Å². The molecule has 0 radical (unpaired) electrons. The molecule has 1 saturated heterocycles. The SMILES string of the molecule is Cc1c(C(=O)N2CCCC2c2ccc(N)nn2)cnn1C1CCCCC1. The number of aromatic nitrogens is 4. The Kier molecular flexibility index (Phi) is 4.61. The maximum Gasteiger partial charge on any atom is 0.257 e. The van der Waals surface area contributed by atoms with Crippen molar-refractivity contribution in [3.8, 4) is 0 Å². The number of anilines is 1. The van der Waals surface area contributed by atoms with E-state index in [1.54, 1.807) is 12.3 Å². The zero-order valence-corrected chi connectivity index (χ0v) is 15.3. The topological polar surface area (TPSA) is 89.9 Å². The van der Waals surface area contributed by atoms with Gasteiger partial charge in [-0.15, -0.1) is 5.10 Å². The van der Waals surface area contributed by atoms with Crippen LogP contribution in [0, 0.1) is 6.92 Å². The van der Waals surface area contributed by atoms with Crippen molar-refractivity contribution >= 4 is 11.7 Å². The molecule has 2 fully saturated rings. The number of hydrogen-bond acceptors (Lipinski definition) is 5. The number of carbonyl (C=O) groups excluding carboxylic acids is 1. The quantitative estimate of drug-likeness (QED) is 0.915. The molecule has 0 aromatic carbocycles. The van der Waals surface area contributed by atoms with Gasteiger partial charge in [-0.05, 0) is 44.7 Å². The van der Waals surface area contributed by atoms with E-state index in [0.717, 1.165) is 43.6 Å². The lowest BCUT2D eigenvalue weighted by Crippen LogP contribution is -2.31. The molecule has 7 heteroatoms. The minimum atomic E-state index is -0.0342. The van der Waals surface area contributed by atoms with Crippen LogP contribution in [0.5, 0.6) is 0 Å². The number of nitrogen functional groups attached to an aromatic ring is 1. The van der Waals surface area contributed by atoms with Gasteiger partial charge in [-0.3, -0.25) is 9.48 Å². The summed E-state index contributed by atoms with van der Waals surface area (Å²) in [7, 11) is 0. The average Bonchev–Trinajstić information content (AvgIpc) is 3.29. The fourth-order valence-corrected chi connectivity index (χ4v) is 4.33. The summed E-state index contributed by atoms with van der Waals surface area (Å²) in [5.41, 5.74) is 8.14. The van der Waals surface area contributed by atoms with Gasteiger partial charge in [-0.2, -0.15) is 10.2 Å². The van der Waals surface area contributed by atoms with Crippen LogP contribution in [0.4, 0.5) is 5.82 Å². The van der Waals surface area contributed by atoms with Crippen molar-refractivity contribution in [3.05, 3.63) is 35.3 Å². The van der Waals surface area contributed by atoms with Gasteiger partial charge in [0.05, 0.1) is 29.5 Å². The molecule has 7 nitrogen and oxygen atoms in total. The van der Waals surface area contributed by atoms with E-state index in [2.05, 4.69) is 20.0 Å². The number of nitrogens with two attached hydrogens (primary N) is 1. The largest absolute Gasteiger partial charge is 0.382 e. The molecule has 2 aromatic rings. The molecule has 2 aliphatic rings. The van der Waals surface area contributed by atoms with Crippen LogP contribution < -0.4 is 5.73 Å². The van der Waals surface area contributed by atoms with Crippen LogP contribution in [0.3, 0.4) is 0 Å². The van der Waals surface area contributed by atoms with E-state index in [9.17, 15) is 4.79 Å². The minimum absolute atomic E-state index is 0.0342. The normalized spacial score (nSPS) is 21.3. The van der Waals surface area contributed by atoms with E-state index < -0.39 is 0 Å². The van der Waals surface area contributed by atoms with E-state index in [0.29, 0.717) is 17.4 Å². The Morgan fingerprint density at radius 2 is 1.92 bits per heavy atom. The van der Waals surface area contributed by atoms with Crippen LogP contribution in [-0.2, 0) is 0 Å². The van der Waals surface area contributed by atoms with Gasteiger partial charge in [-0.1, -0.05) is 19.3 Å². The van der Waals surface area contributed by atoms with Crippen LogP contribution in [0.1, 0.15) is 78.8 Å². The van der Waals surface area contributed by atoms with E-state index in [1.807, 2.05) is 17.9 Å². The van der Waals surface area contributed by atoms with Crippen molar-refractivity contribution < 1.29 is 4.79 Å². The lowest BCUT2D eigenvalue weighted by molar-refractivity contribution is 0.0731. The summed E-state index contributed by atoms with van der Waals surface area (Å²) < 4.78 is 2.07. The third kappa shape index (κ3) is 3.06. The summed E-state index contributed by atoms with van der Waals surface area (Å²) in [6.45, 7) is 2.76. The molecule has 2 aromatic heterocycles. The first-order valence-corrected chi connectivity index (χ1v) is 9.59. The fraction of sp³-hybridized carbons (Fsp3) is 0.579. The Morgan fingerprint density at radius 1 is 1.12 bits per heavy atom. The van der Waals surface area contributed by atoms with Crippen LogP contribution >= 0.6 is 0 Å². The van der Waals surface area contributed by atoms with Crippen LogP contribution in [0.15, 0.2) is 18.3 Å². The summed E-state index contributed by atoms with van der Waals surface area (Å²) in [5, 5.41) is 12.7. The first-order valence-electron chi connectivity index (χ1n) is 9.59. The summed E-state index contributed by atoms with van der Waals surface area (Å²) in [4.78, 5) is 15.1. The Bertz CT molecular complexity index is 778. The van der Waals surface area contributed by atoms with Gasteiger partial charge in [0, 0.05) is 12.2 Å². The number of nitrogens with zero attached hydrogens (tertiary/aromatic N) is 5. The number of carbonyl (C=O) groups is 1. The zero-order valence-electron chi connectivity index (χ0n) is 15.3. The molecule has 1 aliphatic heterocycles. The maximum absolute atomic E-state index is 13.2. The second kappa shape index (κ2) is 7.05. The van der Waals surface area contributed by atoms with Gasteiger partial charge < -0.3 is 10.6 Å². The number of likely N-dealkylation sites (tertiary alicyclic amines) is 1. The monoisotopic (exact) mass is 354 g/mol. The second-order valence-corrected chi connectivity index (χ2v) is 7.42. The van der Waals surface area contributed by atoms with Crippen LogP contribution in [0.2, 0.25) is 0 Å². The van der Waals surface area contributed by atoms with Crippen molar-refractivity contribution in [2.24, 2.45) is 0 Å². The molecule has 2 N–H and O–H groups in total. The highest BCUT2D eigenvalue weighted by Gasteiger charge is 2.33. The Labute approximate surface area is 153 Å². The summed E-state index contributed by atoms with van der Waals surface area (Å²) in [6.07, 6.45) is 9.73. The second-order valence-electron chi connectivity index (χ2n) is 7.42. The van der Waals surface area contributed by atoms with Crippen molar-refractivity contribution in [2.45, 2.75) is 64.0 Å². The highest BCUT2D eigenvalue weighted by atomic mass is 16.2. The highest BCUT2D eigenvalue weighted by Crippen LogP contribution is 2.34. The zero-order chi connectivity index (χ0) is 18.1. The van der Waals surface area contributed by atoms with Gasteiger partial charge in [0.1, 0.15) is 5.82 Å². The van der Waals surface area contributed by atoms with Crippen LogP contribution in [0.25, 0.3) is 0 Å². The molecule has 4 rings (SSSR count). The van der Waals surface area contributed by atoms with Gasteiger partial charge >= 0.3 is 0 Å². The third-order valence-corrected chi connectivity index (χ3v) is 5.76. The van der Waals surface area contributed by atoms with Gasteiger partial charge in [-0.25, -0.2) is 0 Å². The Morgan fingerprint density at radius 3 is 2.65 bits per heavy atom. The molecule has 3 heterocycles. The highest BCUT2D eigenvalue weighted by molar-refractivity contribution is 5.95. The summed E-state index contributed by atoms with van der Waals surface area (Å²) >= 11 is 0. The molecule has 1 atom stereocenters. The first-order chi connectivity index (χ1) is 12.6. The lowest BCUT2D eigenvalue weighted by atomic mass is 9.95. The minimum Gasteiger partial charge on any atom is -0.382 e. The van der Waals surface area contributed by atoms with E-state index in [-0.39, 0.29) is 11.9 Å². The van der Waals surface area contributed by atoms with Crippen molar-refractivity contribution in [1.29, 1.82) is 0 Å². The predicted octanol–water partition coefficient (Wildman–Crippen LogP) is 3.05. The first kappa shape index (κ1) is 17.0. The lowest BCUT2D eigenvalue weighted by Gasteiger charge is -2.25. The van der Waals surface area contributed by atoms with Crippen molar-refractivity contribution in [3.63, 3.8) is 0 Å². The van der Waals surface area contributed by atoms with Gasteiger partial charge in [0.15, 0.2) is 0 Å². The average molecular weight is 354 g/mol. The van der Waals surface area contributed by atoms with E-state index in [4.69, 9.17) is 5.73 Å². The molecule has 138 valence electrons. The van der Waals surface area contributed by atoms with Crippen molar-refractivity contribution in [1.82, 2.24) is 24.9 Å². The molecular weight excluding hydrogens is 328 g/mol. The Balaban J connectivity index is 1.57. The molecule has 1 unspecified atom stereocenters. The smallest absolute Gasteiger partial charge is 0.257 e. The summed E-state index contributed by atoms with van der Waals surface area (Å²) in [5.74, 6) is 0.444. The van der Waals surface area contributed by atoms with Gasteiger partial charge in [0.25, 0.3) is 5.91 Å². The number of amides is 1. The standard InChI is InChI=1S/C19H26N6O/c1-13-15(12-21-25(13)14-6-3-2-4-7-14)19(26)24-11-5-8-17(24)16-9-10-18(20)23-22-16/h9-10,12,14,17H,2-8,11H2,1H3,(H2,20,23). The molecule has 26 heavy (non-hydrogen) atoms. The maximum atomic E-state index is 13.2. The number of hydrogen-bond donors (Lipinski definition) is 1. The fourth-order valence-electron chi connectivity index (χ4n) is 4.33. The Hall–Kier alpha value is -2.44. The molecule has 0 spiro atoms. The van der Waals surface area contributed by atoms with Gasteiger partial charge in [0.2, 0.25) is 0 Å². The third-order valence-electron chi connectivity index (χ3n) is 5.76. The predicted molar refractivity (Wildman–Crippen MR) is 98.5 cm³/mol. The molecule has 1 amide bonds. The van der Waals surface area contributed by atoms with Crippen molar-refractivity contribution in [2.75, 3.05) is 12.3 Å². The molecule has 0 bridgehead atoms. The van der Waals surface area contributed by atoms with E-state index >= 15 is 0 Å².